The number of halogens is 1. The molecule has 34 heavy (non-hydrogen) atoms. The Balaban J connectivity index is 0.000000297. The molecular weight excluding hydrogens is 439 g/mol. The molecule has 1 aromatic heterocycles. The second-order valence-corrected chi connectivity index (χ2v) is 8.84. The monoisotopic (exact) mass is 466 g/mol. The lowest BCUT2D eigenvalue weighted by atomic mass is 9.91. The number of hydrogen-bond donors (Lipinski definition) is 2. The average molecular weight is 467 g/mol. The second-order valence-electron chi connectivity index (χ2n) is 8.84. The molecule has 0 atom stereocenters. The van der Waals surface area contributed by atoms with E-state index in [0.29, 0.717) is 23.7 Å². The molecule has 1 aliphatic heterocycles. The van der Waals surface area contributed by atoms with E-state index in [1.807, 2.05) is 0 Å². The van der Waals surface area contributed by atoms with Crippen molar-refractivity contribution in [2.75, 3.05) is 19.6 Å². The van der Waals surface area contributed by atoms with Crippen LogP contribution in [0.2, 0.25) is 0 Å². The molecule has 7 nitrogen and oxygen atoms in total. The topological polar surface area (TPSA) is 104 Å². The number of aliphatic carboxylic acids is 2. The quantitative estimate of drug-likeness (QED) is 0.541. The third-order valence-electron chi connectivity index (χ3n) is 6.46. The molecule has 0 spiro atoms. The number of likely N-dealkylation sites (tertiary alicyclic amines) is 1. The standard InChI is InChI=1S/C22H23FN2O.C4H4O4/c23-19-5-6-20-21(13-19)26-24-22(20)16-7-9-25(10-8-16)14-15-11-17-3-1-2-4-18(17)12-15;5-3(6)1-2-4(7)8/h1-6,13,15-16H,7-12,14H2;1-2H,(H,5,6)(H,7,8)/b;2-1+. The first-order valence-electron chi connectivity index (χ1n) is 11.4. The van der Waals surface area contributed by atoms with Crippen LogP contribution in [0.25, 0.3) is 11.0 Å². The number of carbonyl (C=O) groups is 2. The summed E-state index contributed by atoms with van der Waals surface area (Å²) >= 11 is 0. The van der Waals surface area contributed by atoms with E-state index in [9.17, 15) is 14.0 Å². The Morgan fingerprint density at radius 1 is 1.03 bits per heavy atom. The summed E-state index contributed by atoms with van der Waals surface area (Å²) in [7, 11) is 0. The number of fused-ring (bicyclic) bond motifs is 2. The fraction of sp³-hybridized carbons (Fsp3) is 0.346. The molecule has 2 aromatic carbocycles. The zero-order valence-electron chi connectivity index (χ0n) is 18.7. The molecule has 0 saturated carbocycles. The average Bonchev–Trinajstić information content (AvgIpc) is 3.42. The molecule has 8 heteroatoms. The van der Waals surface area contributed by atoms with E-state index in [1.165, 1.54) is 42.6 Å². The van der Waals surface area contributed by atoms with Gasteiger partial charge in [0.2, 0.25) is 0 Å². The highest BCUT2D eigenvalue weighted by Crippen LogP contribution is 2.34. The van der Waals surface area contributed by atoms with Gasteiger partial charge in [0.25, 0.3) is 0 Å². The first-order chi connectivity index (χ1) is 16.4. The van der Waals surface area contributed by atoms with Crippen LogP contribution in [0.3, 0.4) is 0 Å². The zero-order chi connectivity index (χ0) is 24.1. The highest BCUT2D eigenvalue weighted by Gasteiger charge is 2.28. The second kappa shape index (κ2) is 10.6. The zero-order valence-corrected chi connectivity index (χ0v) is 18.7. The predicted octanol–water partition coefficient (Wildman–Crippen LogP) is 4.27. The molecule has 2 N–H and O–H groups in total. The summed E-state index contributed by atoms with van der Waals surface area (Å²) < 4.78 is 18.7. The maximum Gasteiger partial charge on any atom is 0.328 e. The minimum absolute atomic E-state index is 0.271. The number of hydrogen-bond acceptors (Lipinski definition) is 5. The molecule has 2 heterocycles. The van der Waals surface area contributed by atoms with Gasteiger partial charge >= 0.3 is 11.9 Å². The van der Waals surface area contributed by atoms with Gasteiger partial charge in [0.05, 0.1) is 5.69 Å². The van der Waals surface area contributed by atoms with E-state index < -0.39 is 11.9 Å². The summed E-state index contributed by atoms with van der Waals surface area (Å²) in [6.07, 6.45) is 5.74. The minimum Gasteiger partial charge on any atom is -0.478 e. The summed E-state index contributed by atoms with van der Waals surface area (Å²) in [6.45, 7) is 3.40. The summed E-state index contributed by atoms with van der Waals surface area (Å²) in [6, 6.07) is 13.6. The van der Waals surface area contributed by atoms with E-state index >= 15 is 0 Å². The molecule has 1 aliphatic carbocycles. The molecule has 0 bridgehead atoms. The minimum atomic E-state index is -1.26. The van der Waals surface area contributed by atoms with Crippen molar-refractivity contribution in [3.63, 3.8) is 0 Å². The van der Waals surface area contributed by atoms with Crippen LogP contribution in [0.1, 0.15) is 35.6 Å². The van der Waals surface area contributed by atoms with Gasteiger partial charge in [0.15, 0.2) is 5.58 Å². The van der Waals surface area contributed by atoms with Gasteiger partial charge in [-0.2, -0.15) is 0 Å². The highest BCUT2D eigenvalue weighted by molar-refractivity contribution is 5.89. The van der Waals surface area contributed by atoms with Crippen LogP contribution in [-0.2, 0) is 22.4 Å². The van der Waals surface area contributed by atoms with Crippen molar-refractivity contribution in [1.82, 2.24) is 10.1 Å². The lowest BCUT2D eigenvalue weighted by Crippen LogP contribution is -2.36. The van der Waals surface area contributed by atoms with E-state index in [4.69, 9.17) is 14.7 Å². The van der Waals surface area contributed by atoms with Gasteiger partial charge in [-0.25, -0.2) is 14.0 Å². The van der Waals surface area contributed by atoms with Crippen molar-refractivity contribution >= 4 is 22.9 Å². The summed E-state index contributed by atoms with van der Waals surface area (Å²) in [5.74, 6) is -1.62. The Hall–Kier alpha value is -3.52. The summed E-state index contributed by atoms with van der Waals surface area (Å²) in [5, 5.41) is 20.8. The van der Waals surface area contributed by atoms with E-state index in [1.54, 1.807) is 6.07 Å². The Kier molecular flexibility index (Phi) is 7.37. The van der Waals surface area contributed by atoms with E-state index in [2.05, 4.69) is 34.3 Å². The van der Waals surface area contributed by atoms with Crippen LogP contribution in [0.15, 0.2) is 59.1 Å². The molecule has 0 unspecified atom stereocenters. The molecule has 0 amide bonds. The van der Waals surface area contributed by atoms with Crippen LogP contribution in [0.4, 0.5) is 4.39 Å². The SMILES string of the molecule is Fc1ccc2c(C3CCN(CC4Cc5ccccc5C4)CC3)noc2c1.O=C(O)/C=C/C(=O)O. The number of aromatic nitrogens is 1. The van der Waals surface area contributed by atoms with Gasteiger partial charge in [0, 0.05) is 36.1 Å². The Morgan fingerprint density at radius 3 is 2.24 bits per heavy atom. The van der Waals surface area contributed by atoms with Crippen molar-refractivity contribution in [2.24, 2.45) is 5.92 Å². The number of carboxylic acid groups (broad SMARTS) is 2. The van der Waals surface area contributed by atoms with Gasteiger partial charge in [-0.05, 0) is 68.0 Å². The van der Waals surface area contributed by atoms with Gasteiger partial charge in [-0.1, -0.05) is 29.4 Å². The normalized spacial score (nSPS) is 17.0. The molecule has 178 valence electrons. The van der Waals surface area contributed by atoms with E-state index in [-0.39, 0.29) is 5.82 Å². The third-order valence-corrected chi connectivity index (χ3v) is 6.46. The van der Waals surface area contributed by atoms with Gasteiger partial charge in [0.1, 0.15) is 5.82 Å². The maximum absolute atomic E-state index is 13.3. The number of piperidine rings is 1. The Bertz CT molecular complexity index is 1160. The lowest BCUT2D eigenvalue weighted by molar-refractivity contribution is -0.134. The lowest BCUT2D eigenvalue weighted by Gasteiger charge is -2.32. The van der Waals surface area contributed by atoms with Crippen LogP contribution in [-0.4, -0.2) is 51.8 Å². The third kappa shape index (κ3) is 5.88. The van der Waals surface area contributed by atoms with Crippen molar-refractivity contribution < 1.29 is 28.7 Å². The van der Waals surface area contributed by atoms with E-state index in [0.717, 1.165) is 42.9 Å². The number of rotatable bonds is 5. The van der Waals surface area contributed by atoms with Crippen LogP contribution in [0, 0.1) is 11.7 Å². The molecule has 2 aliphatic rings. The number of nitrogens with zero attached hydrogens (tertiary/aromatic N) is 2. The van der Waals surface area contributed by atoms with Crippen molar-refractivity contribution in [2.45, 2.75) is 31.6 Å². The van der Waals surface area contributed by atoms with Gasteiger partial charge < -0.3 is 19.6 Å². The molecule has 1 saturated heterocycles. The summed E-state index contributed by atoms with van der Waals surface area (Å²) in [5.41, 5.74) is 4.64. The fourth-order valence-corrected chi connectivity index (χ4v) is 4.90. The van der Waals surface area contributed by atoms with Crippen molar-refractivity contribution in [3.8, 4) is 0 Å². The maximum atomic E-state index is 13.3. The Labute approximate surface area is 196 Å². The van der Waals surface area contributed by atoms with Crippen molar-refractivity contribution in [3.05, 3.63) is 77.3 Å². The fourth-order valence-electron chi connectivity index (χ4n) is 4.90. The first-order valence-corrected chi connectivity index (χ1v) is 11.4. The summed E-state index contributed by atoms with van der Waals surface area (Å²) in [4.78, 5) is 21.7. The van der Waals surface area contributed by atoms with Crippen molar-refractivity contribution in [1.29, 1.82) is 0 Å². The van der Waals surface area contributed by atoms with Crippen LogP contribution < -0.4 is 0 Å². The molecule has 5 rings (SSSR count). The van der Waals surface area contributed by atoms with Gasteiger partial charge in [-0.3, -0.25) is 0 Å². The number of carboxylic acids is 2. The number of benzene rings is 2. The highest BCUT2D eigenvalue weighted by atomic mass is 19.1. The molecular formula is C26H27FN2O5. The molecule has 1 fully saturated rings. The van der Waals surface area contributed by atoms with Gasteiger partial charge in [-0.15, -0.1) is 0 Å². The smallest absolute Gasteiger partial charge is 0.328 e. The largest absolute Gasteiger partial charge is 0.478 e. The van der Waals surface area contributed by atoms with Crippen LogP contribution in [0.5, 0.6) is 0 Å². The predicted molar refractivity (Wildman–Crippen MR) is 124 cm³/mol. The molecule has 0 radical (unpaired) electrons. The van der Waals surface area contributed by atoms with Crippen LogP contribution >= 0.6 is 0 Å². The Morgan fingerprint density at radius 2 is 1.65 bits per heavy atom. The molecule has 3 aromatic rings. The first kappa shape index (κ1) is 23.6.